The van der Waals surface area contributed by atoms with Crippen molar-refractivity contribution >= 4 is 44.0 Å². The molecule has 0 amide bonds. The van der Waals surface area contributed by atoms with Crippen LogP contribution in [0.15, 0.2) is 155 Å². The van der Waals surface area contributed by atoms with Gasteiger partial charge >= 0.3 is 7.82 Å². The fourth-order valence-corrected chi connectivity index (χ4v) is 6.39. The third-order valence-corrected chi connectivity index (χ3v) is 9.14. The highest BCUT2D eigenvalue weighted by Crippen LogP contribution is 2.27. The Bertz CT molecular complexity index is 2160. The summed E-state index contributed by atoms with van der Waals surface area (Å²) in [7, 11) is -4.64. The second-order valence-corrected chi connectivity index (χ2v) is 14.5. The van der Waals surface area contributed by atoms with Crippen LogP contribution in [0.5, 0.6) is 0 Å². The largest absolute Gasteiger partial charge is 0.466 e. The SMILES string of the molecule is NC1N=C(c2ccccc2)C2=C(N=CN(N)C2N)N1.NC1N=C(c2ccccc2)C2=C(N=CN(N)C2N)N1.NC1N=C(c2ccccc2)C2=C(N=CN(N)C2N)N1.O=P(O)(O)O. The minimum Gasteiger partial charge on any atom is -0.336 e. The van der Waals surface area contributed by atoms with Gasteiger partial charge in [-0.2, -0.15) is 0 Å². The number of aliphatic imine (C=N–C) groups is 6. The molecule has 0 fully saturated rings. The van der Waals surface area contributed by atoms with Gasteiger partial charge in [-0.25, -0.2) is 52.0 Å². The topological polar surface area (TPSA) is 432 Å². The second kappa shape index (κ2) is 19.4. The van der Waals surface area contributed by atoms with Crippen LogP contribution < -0.4 is 67.9 Å². The van der Waals surface area contributed by atoms with Crippen LogP contribution in [0, 0.1) is 0 Å². The average Bonchev–Trinajstić information content (AvgIpc) is 3.25. The van der Waals surface area contributed by atoms with Gasteiger partial charge < -0.3 is 47.8 Å². The molecule has 0 bridgehead atoms. The Hall–Kier alpha value is -6.55. The van der Waals surface area contributed by atoms with Crippen molar-refractivity contribution in [3.05, 3.63) is 142 Å². The summed E-state index contributed by atoms with van der Waals surface area (Å²) in [6.45, 7) is 0. The lowest BCUT2D eigenvalue weighted by molar-refractivity contribution is 0.275. The fourth-order valence-electron chi connectivity index (χ4n) is 6.39. The molecule has 6 aliphatic rings. The smallest absolute Gasteiger partial charge is 0.336 e. The summed E-state index contributed by atoms with van der Waals surface area (Å²) >= 11 is 0. The molecule has 24 N–H and O–H groups in total. The molecule has 0 saturated heterocycles. The van der Waals surface area contributed by atoms with E-state index in [1.54, 1.807) is 0 Å². The van der Waals surface area contributed by atoms with Crippen LogP contribution in [0.1, 0.15) is 16.7 Å². The van der Waals surface area contributed by atoms with Gasteiger partial charge in [0, 0.05) is 16.7 Å². The summed E-state index contributed by atoms with van der Waals surface area (Å²) in [5.41, 5.74) is 43.1. The van der Waals surface area contributed by atoms with E-state index >= 15 is 0 Å². The zero-order chi connectivity index (χ0) is 44.7. The normalized spacial score (nSPS) is 24.7. The van der Waals surface area contributed by atoms with E-state index < -0.39 is 45.2 Å². The van der Waals surface area contributed by atoms with E-state index in [0.717, 1.165) is 50.5 Å². The number of nitrogens with two attached hydrogens (primary N) is 9. The van der Waals surface area contributed by atoms with E-state index in [9.17, 15) is 0 Å². The van der Waals surface area contributed by atoms with Gasteiger partial charge in [0.15, 0.2) is 18.9 Å². The first-order valence-electron chi connectivity index (χ1n) is 18.5. The Kier molecular flexibility index (Phi) is 14.1. The van der Waals surface area contributed by atoms with Gasteiger partial charge in [-0.15, -0.1) is 0 Å². The van der Waals surface area contributed by atoms with Crippen LogP contribution in [-0.2, 0) is 4.57 Å². The Morgan fingerprint density at radius 2 is 0.677 bits per heavy atom. The van der Waals surface area contributed by atoms with E-state index in [1.165, 1.54) is 34.0 Å². The molecule has 6 heterocycles. The number of nitrogens with zero attached hydrogens (tertiary/aromatic N) is 9. The van der Waals surface area contributed by atoms with Crippen LogP contribution in [0.25, 0.3) is 0 Å². The Balaban J connectivity index is 0.000000147. The summed E-state index contributed by atoms with van der Waals surface area (Å²) in [6.07, 6.45) is 1.27. The van der Waals surface area contributed by atoms with Crippen LogP contribution in [0.3, 0.4) is 0 Å². The fraction of sp³-hybridized carbons (Fsp3) is 0.167. The number of nitrogens with one attached hydrogen (secondary N) is 3. The monoisotopic (exact) mass is 869 g/mol. The molecule has 62 heavy (non-hydrogen) atoms. The van der Waals surface area contributed by atoms with Gasteiger partial charge in [-0.3, -0.25) is 32.2 Å². The maximum atomic E-state index is 8.88. The molecule has 3 aromatic rings. The zero-order valence-electron chi connectivity index (χ0n) is 32.8. The van der Waals surface area contributed by atoms with E-state index in [-0.39, 0.29) is 0 Å². The first-order valence-corrected chi connectivity index (χ1v) is 20.0. The number of phosphoric acid groups is 1. The van der Waals surface area contributed by atoms with Crippen molar-refractivity contribution in [2.45, 2.75) is 37.4 Å². The molecule has 0 saturated carbocycles. The molecule has 326 valence electrons. The lowest BCUT2D eigenvalue weighted by Crippen LogP contribution is -2.54. The summed E-state index contributed by atoms with van der Waals surface area (Å²) in [5.74, 6) is 19.2. The van der Waals surface area contributed by atoms with Crippen molar-refractivity contribution in [1.29, 1.82) is 0 Å². The molecule has 0 spiro atoms. The maximum Gasteiger partial charge on any atom is 0.466 e. The molecule has 0 aromatic heterocycles. The molecular weight excluding hydrogens is 822 g/mol. The molecular formula is C36H48N21O4P. The van der Waals surface area contributed by atoms with Gasteiger partial charge in [0.25, 0.3) is 0 Å². The maximum absolute atomic E-state index is 8.88. The first-order chi connectivity index (χ1) is 29.5. The Morgan fingerprint density at radius 3 is 0.903 bits per heavy atom. The molecule has 0 aliphatic carbocycles. The van der Waals surface area contributed by atoms with E-state index in [1.807, 2.05) is 91.0 Å². The van der Waals surface area contributed by atoms with Crippen LogP contribution in [0.2, 0.25) is 0 Å². The standard InChI is InChI=1S/3C12H15N7.H3O4P/c3*13-10-8-9(7-4-2-1-3-5-7)17-12(14)18-11(8)16-6-19(10)15;1-5(2,3)4/h3*1-6,10,12,18H,13-15H2;(H3,1,2,3,4). The van der Waals surface area contributed by atoms with Gasteiger partial charge in [0.1, 0.15) is 55.0 Å². The summed E-state index contributed by atoms with van der Waals surface area (Å²) in [5, 5.41) is 13.0. The van der Waals surface area contributed by atoms with Crippen molar-refractivity contribution in [3.63, 3.8) is 0 Å². The third-order valence-electron chi connectivity index (χ3n) is 9.14. The van der Waals surface area contributed by atoms with Crippen LogP contribution in [-0.4, -0.2) is 103 Å². The quantitative estimate of drug-likeness (QED) is 0.0886. The number of benzene rings is 3. The summed E-state index contributed by atoms with van der Waals surface area (Å²) in [4.78, 5) is 47.4. The van der Waals surface area contributed by atoms with Crippen molar-refractivity contribution in [1.82, 2.24) is 31.0 Å². The molecule has 6 atom stereocenters. The molecule has 26 heteroatoms. The highest BCUT2D eigenvalue weighted by atomic mass is 31.2. The Labute approximate surface area is 354 Å². The molecule has 0 radical (unpaired) electrons. The zero-order valence-corrected chi connectivity index (χ0v) is 33.7. The summed E-state index contributed by atoms with van der Waals surface area (Å²) < 4.78 is 8.88. The van der Waals surface area contributed by atoms with Gasteiger partial charge in [0.05, 0.1) is 33.9 Å². The van der Waals surface area contributed by atoms with E-state index in [4.69, 9.17) is 71.2 Å². The van der Waals surface area contributed by atoms with Crippen LogP contribution in [0.4, 0.5) is 0 Å². The van der Waals surface area contributed by atoms with Crippen LogP contribution >= 0.6 is 7.82 Å². The highest BCUT2D eigenvalue weighted by Gasteiger charge is 2.33. The number of hydrazine groups is 3. The third kappa shape index (κ3) is 10.8. The van der Waals surface area contributed by atoms with Gasteiger partial charge in [0.2, 0.25) is 0 Å². The lowest BCUT2D eigenvalue weighted by atomic mass is 9.98. The Morgan fingerprint density at radius 1 is 0.452 bits per heavy atom. The second-order valence-electron chi connectivity index (χ2n) is 13.5. The van der Waals surface area contributed by atoms with Crippen molar-refractivity contribution in [2.24, 2.45) is 81.9 Å². The predicted molar refractivity (Wildman–Crippen MR) is 235 cm³/mol. The van der Waals surface area contributed by atoms with E-state index in [0.29, 0.717) is 17.5 Å². The molecule has 9 rings (SSSR count). The molecule has 3 aromatic carbocycles. The highest BCUT2D eigenvalue weighted by molar-refractivity contribution is 7.45. The van der Waals surface area contributed by atoms with Gasteiger partial charge in [-0.1, -0.05) is 91.0 Å². The van der Waals surface area contributed by atoms with Crippen molar-refractivity contribution in [3.8, 4) is 0 Å². The molecule has 6 unspecified atom stereocenters. The lowest BCUT2D eigenvalue weighted by Gasteiger charge is -2.33. The predicted octanol–water partition coefficient (Wildman–Crippen LogP) is -3.82. The van der Waals surface area contributed by atoms with Gasteiger partial charge in [-0.05, 0) is 0 Å². The minimum absolute atomic E-state index is 0.508. The van der Waals surface area contributed by atoms with Crippen molar-refractivity contribution < 1.29 is 19.2 Å². The number of hydrogen-bond acceptors (Lipinski definition) is 22. The minimum atomic E-state index is -4.64. The summed E-state index contributed by atoms with van der Waals surface area (Å²) in [6, 6.07) is 29.1. The average molecular weight is 870 g/mol. The molecule has 25 nitrogen and oxygen atoms in total. The first kappa shape index (κ1) is 45.0. The molecule has 6 aliphatic heterocycles. The number of rotatable bonds is 3. The van der Waals surface area contributed by atoms with E-state index in [2.05, 4.69) is 45.9 Å². The van der Waals surface area contributed by atoms with Crippen molar-refractivity contribution in [2.75, 3.05) is 0 Å². The number of hydrogen-bond donors (Lipinski definition) is 15.